The van der Waals surface area contributed by atoms with E-state index in [0.717, 1.165) is 45.2 Å². The number of nitrogens with zero attached hydrogens (tertiary/aromatic N) is 3. The lowest BCUT2D eigenvalue weighted by molar-refractivity contribution is 1.19. The highest BCUT2D eigenvalue weighted by Crippen LogP contribution is 2.40. The second kappa shape index (κ2) is 13.1. The molecular formula is C49H33N3S. The lowest BCUT2D eigenvalue weighted by atomic mass is 9.99. The second-order valence-corrected chi connectivity index (χ2v) is 14.3. The van der Waals surface area contributed by atoms with Crippen LogP contribution >= 0.6 is 11.3 Å². The Balaban J connectivity index is 0.955. The molecule has 0 aliphatic rings. The fourth-order valence-corrected chi connectivity index (χ4v) is 8.57. The Bertz CT molecular complexity index is 2850. The molecule has 0 aliphatic heterocycles. The molecule has 3 nitrogen and oxygen atoms in total. The molecule has 0 unspecified atom stereocenters. The fourth-order valence-electron chi connectivity index (χ4n) is 7.43. The Hall–Kier alpha value is -6.75. The summed E-state index contributed by atoms with van der Waals surface area (Å²) in [6.07, 6.45) is 2.09. The van der Waals surface area contributed by atoms with E-state index in [4.69, 9.17) is 4.98 Å². The third-order valence-corrected chi connectivity index (χ3v) is 11.2. The zero-order chi connectivity index (χ0) is 35.1. The molecule has 53 heavy (non-hydrogen) atoms. The SMILES string of the molecule is c1ccc(-c2c(-c3ccc(N(c4ccccc4)c4ccc(-c5ccc(-c6ccc7c(c6)sc6ccccc67)cc5)cc4)cc3)nc3ccccn23)cc1. The number of pyridine rings is 1. The van der Waals surface area contributed by atoms with Crippen molar-refractivity contribution in [1.82, 2.24) is 9.38 Å². The smallest absolute Gasteiger partial charge is 0.137 e. The van der Waals surface area contributed by atoms with Crippen LogP contribution in [0.1, 0.15) is 0 Å². The number of aromatic nitrogens is 2. The van der Waals surface area contributed by atoms with E-state index in [9.17, 15) is 0 Å². The number of hydrogen-bond donors (Lipinski definition) is 0. The van der Waals surface area contributed by atoms with E-state index >= 15 is 0 Å². The summed E-state index contributed by atoms with van der Waals surface area (Å²) in [6.45, 7) is 0. The number of rotatable bonds is 7. The molecule has 0 radical (unpaired) electrons. The van der Waals surface area contributed by atoms with Crippen molar-refractivity contribution in [3.63, 3.8) is 0 Å². The predicted octanol–water partition coefficient (Wildman–Crippen LogP) is 13.8. The highest BCUT2D eigenvalue weighted by atomic mass is 32.1. The summed E-state index contributed by atoms with van der Waals surface area (Å²) in [6, 6.07) is 69.3. The summed E-state index contributed by atoms with van der Waals surface area (Å²) >= 11 is 1.86. The van der Waals surface area contributed by atoms with E-state index in [1.54, 1.807) is 0 Å². The molecule has 0 saturated heterocycles. The maximum Gasteiger partial charge on any atom is 0.137 e. The molecule has 0 spiro atoms. The molecule has 0 bridgehead atoms. The summed E-state index contributed by atoms with van der Waals surface area (Å²) in [7, 11) is 0. The van der Waals surface area contributed by atoms with Crippen LogP contribution in [0.15, 0.2) is 200 Å². The third kappa shape index (κ3) is 5.66. The number of para-hydroxylation sites is 1. The molecule has 0 amide bonds. The molecule has 10 aromatic rings. The van der Waals surface area contributed by atoms with Crippen LogP contribution in [0.5, 0.6) is 0 Å². The second-order valence-electron chi connectivity index (χ2n) is 13.3. The van der Waals surface area contributed by atoms with Crippen molar-refractivity contribution in [3.05, 3.63) is 200 Å². The van der Waals surface area contributed by atoms with Crippen molar-refractivity contribution in [2.24, 2.45) is 0 Å². The van der Waals surface area contributed by atoms with E-state index in [-0.39, 0.29) is 0 Å². The first-order chi connectivity index (χ1) is 26.3. The van der Waals surface area contributed by atoms with Crippen LogP contribution in [-0.4, -0.2) is 9.38 Å². The van der Waals surface area contributed by atoms with Crippen molar-refractivity contribution >= 4 is 54.2 Å². The summed E-state index contributed by atoms with van der Waals surface area (Å²) in [5, 5.41) is 2.66. The largest absolute Gasteiger partial charge is 0.311 e. The van der Waals surface area contributed by atoms with Crippen LogP contribution in [0.4, 0.5) is 17.1 Å². The van der Waals surface area contributed by atoms with Crippen molar-refractivity contribution in [2.45, 2.75) is 0 Å². The van der Waals surface area contributed by atoms with Gasteiger partial charge in [0.1, 0.15) is 5.65 Å². The Morgan fingerprint density at radius 1 is 0.396 bits per heavy atom. The Morgan fingerprint density at radius 2 is 0.925 bits per heavy atom. The molecule has 0 saturated carbocycles. The van der Waals surface area contributed by atoms with Crippen LogP contribution in [0, 0.1) is 0 Å². The molecule has 3 heterocycles. The summed E-state index contributed by atoms with van der Waals surface area (Å²) in [5.74, 6) is 0. The predicted molar refractivity (Wildman–Crippen MR) is 225 cm³/mol. The van der Waals surface area contributed by atoms with Gasteiger partial charge in [-0.3, -0.25) is 4.40 Å². The minimum atomic E-state index is 0.930. The number of anilines is 3. The van der Waals surface area contributed by atoms with E-state index in [1.807, 2.05) is 17.4 Å². The number of hydrogen-bond acceptors (Lipinski definition) is 3. The van der Waals surface area contributed by atoms with Crippen molar-refractivity contribution in [1.29, 1.82) is 0 Å². The third-order valence-electron chi connectivity index (χ3n) is 10.0. The number of fused-ring (bicyclic) bond motifs is 4. The maximum atomic E-state index is 5.08. The average molecular weight is 696 g/mol. The molecule has 3 aromatic heterocycles. The quantitative estimate of drug-likeness (QED) is 0.165. The fraction of sp³-hybridized carbons (Fsp3) is 0. The molecular weight excluding hydrogens is 663 g/mol. The monoisotopic (exact) mass is 695 g/mol. The first-order valence-corrected chi connectivity index (χ1v) is 18.7. The van der Waals surface area contributed by atoms with E-state index in [1.165, 1.54) is 42.4 Å². The number of imidazole rings is 1. The standard InChI is InChI=1S/C49H33N3S/c1-3-11-38(12-4-1)49-48(50-47-17-9-10-32-51(47)49)37-24-29-42(30-25-37)52(40-13-5-2-6-14-40)41-27-22-35(23-28-41)34-18-20-36(21-19-34)39-26-31-44-43-15-7-8-16-45(43)53-46(44)33-39/h1-33H. The molecule has 7 aromatic carbocycles. The van der Waals surface area contributed by atoms with Gasteiger partial charge in [0.25, 0.3) is 0 Å². The van der Waals surface area contributed by atoms with Gasteiger partial charge in [-0.15, -0.1) is 11.3 Å². The van der Waals surface area contributed by atoms with Crippen LogP contribution < -0.4 is 4.90 Å². The van der Waals surface area contributed by atoms with Gasteiger partial charge >= 0.3 is 0 Å². The van der Waals surface area contributed by atoms with Crippen molar-refractivity contribution < 1.29 is 0 Å². The van der Waals surface area contributed by atoms with Gasteiger partial charge in [-0.2, -0.15) is 0 Å². The van der Waals surface area contributed by atoms with Gasteiger partial charge in [-0.05, 0) is 82.9 Å². The van der Waals surface area contributed by atoms with Crippen LogP contribution in [0.25, 0.3) is 70.6 Å². The molecule has 10 rings (SSSR count). The lowest BCUT2D eigenvalue weighted by Gasteiger charge is -2.26. The van der Waals surface area contributed by atoms with Crippen molar-refractivity contribution in [3.8, 4) is 44.8 Å². The highest BCUT2D eigenvalue weighted by molar-refractivity contribution is 7.25. The molecule has 250 valence electrons. The van der Waals surface area contributed by atoms with Gasteiger partial charge in [0.2, 0.25) is 0 Å². The van der Waals surface area contributed by atoms with Gasteiger partial charge < -0.3 is 4.90 Å². The van der Waals surface area contributed by atoms with E-state index in [0.29, 0.717) is 0 Å². The summed E-state index contributed by atoms with van der Waals surface area (Å²) < 4.78 is 4.84. The van der Waals surface area contributed by atoms with Gasteiger partial charge in [0.15, 0.2) is 0 Å². The van der Waals surface area contributed by atoms with Crippen LogP contribution in [0.3, 0.4) is 0 Å². The topological polar surface area (TPSA) is 20.5 Å². The summed E-state index contributed by atoms with van der Waals surface area (Å²) in [4.78, 5) is 7.39. The Kier molecular flexibility index (Phi) is 7.67. The van der Waals surface area contributed by atoms with Crippen LogP contribution in [-0.2, 0) is 0 Å². The van der Waals surface area contributed by atoms with E-state index in [2.05, 4.69) is 204 Å². The molecule has 0 fully saturated rings. The van der Waals surface area contributed by atoms with Crippen LogP contribution in [0.2, 0.25) is 0 Å². The Labute approximate surface area is 312 Å². The minimum absolute atomic E-state index is 0.930. The summed E-state index contributed by atoms with van der Waals surface area (Å²) in [5.41, 5.74) is 13.3. The molecule has 0 N–H and O–H groups in total. The lowest BCUT2D eigenvalue weighted by Crippen LogP contribution is -2.09. The van der Waals surface area contributed by atoms with Gasteiger partial charge in [-0.1, -0.05) is 133 Å². The average Bonchev–Trinajstić information content (AvgIpc) is 3.81. The number of benzene rings is 7. The maximum absolute atomic E-state index is 5.08. The van der Waals surface area contributed by atoms with Gasteiger partial charge in [-0.25, -0.2) is 4.98 Å². The zero-order valence-electron chi connectivity index (χ0n) is 28.8. The van der Waals surface area contributed by atoms with Crippen molar-refractivity contribution in [2.75, 3.05) is 4.90 Å². The normalized spacial score (nSPS) is 11.4. The molecule has 4 heteroatoms. The van der Waals surface area contributed by atoms with Gasteiger partial charge in [0.05, 0.1) is 11.4 Å². The van der Waals surface area contributed by atoms with Gasteiger partial charge in [0, 0.05) is 54.6 Å². The first kappa shape index (κ1) is 31.0. The Morgan fingerprint density at radius 3 is 1.64 bits per heavy atom. The van der Waals surface area contributed by atoms with E-state index < -0.39 is 0 Å². The first-order valence-electron chi connectivity index (χ1n) is 17.9. The molecule has 0 atom stereocenters. The minimum Gasteiger partial charge on any atom is -0.311 e. The molecule has 0 aliphatic carbocycles. The zero-order valence-corrected chi connectivity index (χ0v) is 29.6. The highest BCUT2D eigenvalue weighted by Gasteiger charge is 2.18. The number of thiophene rings is 1.